The van der Waals surface area contributed by atoms with Crippen molar-refractivity contribution in [2.24, 2.45) is 0 Å². The molecular weight excluding hydrogens is 376 g/mol. The zero-order valence-corrected chi connectivity index (χ0v) is 14.6. The van der Waals surface area contributed by atoms with Crippen LogP contribution in [0, 0.1) is 6.92 Å². The molecule has 0 spiro atoms. The van der Waals surface area contributed by atoms with Gasteiger partial charge < -0.3 is 14.4 Å². The molecule has 0 atom stereocenters. The Morgan fingerprint density at radius 3 is 2.96 bits per heavy atom. The minimum Gasteiger partial charge on any atom is -0.490 e. The van der Waals surface area contributed by atoms with Gasteiger partial charge in [-0.15, -0.1) is 0 Å². The monoisotopic (exact) mass is 390 g/mol. The molecule has 0 aliphatic carbocycles. The zero-order valence-electron chi connectivity index (χ0n) is 13.0. The van der Waals surface area contributed by atoms with Gasteiger partial charge in [0.15, 0.2) is 6.61 Å². The summed E-state index contributed by atoms with van der Waals surface area (Å²) >= 11 is 3.24. The van der Waals surface area contributed by atoms with E-state index in [0.29, 0.717) is 29.1 Å². The van der Waals surface area contributed by atoms with Crippen LogP contribution in [0.1, 0.15) is 15.9 Å². The summed E-state index contributed by atoms with van der Waals surface area (Å²) in [6, 6.07) is 7.23. The Balaban J connectivity index is 1.68. The summed E-state index contributed by atoms with van der Waals surface area (Å²) in [5.41, 5.74) is 2.01. The van der Waals surface area contributed by atoms with Gasteiger partial charge in [-0.1, -0.05) is 6.07 Å². The van der Waals surface area contributed by atoms with Crippen molar-refractivity contribution in [1.29, 1.82) is 0 Å². The molecular formula is C17H15BrN2O4. The topological polar surface area (TPSA) is 68.7 Å². The summed E-state index contributed by atoms with van der Waals surface area (Å²) < 4.78 is 11.3. The highest BCUT2D eigenvalue weighted by Gasteiger charge is 2.24. The number of halogens is 1. The van der Waals surface area contributed by atoms with Crippen LogP contribution in [0.15, 0.2) is 41.1 Å². The normalized spacial score (nSPS) is 13.0. The first-order valence-electron chi connectivity index (χ1n) is 7.36. The smallest absolute Gasteiger partial charge is 0.340 e. The molecule has 1 aromatic heterocycles. The number of benzene rings is 1. The van der Waals surface area contributed by atoms with E-state index in [1.54, 1.807) is 17.2 Å². The van der Waals surface area contributed by atoms with E-state index >= 15 is 0 Å². The van der Waals surface area contributed by atoms with Gasteiger partial charge in [-0.25, -0.2) is 4.79 Å². The van der Waals surface area contributed by atoms with E-state index in [4.69, 9.17) is 9.47 Å². The van der Waals surface area contributed by atoms with Crippen molar-refractivity contribution in [3.05, 3.63) is 52.3 Å². The number of aryl methyl sites for hydroxylation is 1. The molecule has 0 bridgehead atoms. The second-order valence-corrected chi connectivity index (χ2v) is 6.25. The van der Waals surface area contributed by atoms with E-state index in [1.165, 1.54) is 6.20 Å². The van der Waals surface area contributed by atoms with E-state index in [0.717, 1.165) is 5.56 Å². The molecule has 0 radical (unpaired) electrons. The number of ether oxygens (including phenoxy) is 2. The minimum absolute atomic E-state index is 0.287. The van der Waals surface area contributed by atoms with Crippen molar-refractivity contribution >= 4 is 33.5 Å². The van der Waals surface area contributed by atoms with E-state index in [9.17, 15) is 9.59 Å². The number of fused-ring (bicyclic) bond motifs is 1. The third kappa shape index (κ3) is 3.56. The number of amides is 1. The number of carbonyl (C=O) groups is 2. The lowest BCUT2D eigenvalue weighted by Crippen LogP contribution is -2.40. The zero-order chi connectivity index (χ0) is 17.1. The lowest BCUT2D eigenvalue weighted by atomic mass is 10.1. The molecule has 0 unspecified atom stereocenters. The molecule has 0 saturated carbocycles. The van der Waals surface area contributed by atoms with Crippen molar-refractivity contribution in [2.45, 2.75) is 6.92 Å². The maximum absolute atomic E-state index is 12.4. The van der Waals surface area contributed by atoms with Crippen LogP contribution < -0.4 is 9.64 Å². The number of rotatable bonds is 3. The van der Waals surface area contributed by atoms with Crippen molar-refractivity contribution in [3.63, 3.8) is 0 Å². The standard InChI is InChI=1S/C17H15BrN2O4/c1-11-2-3-15-14(6-11)20(4-5-23-15)16(21)10-24-17(22)12-7-13(18)9-19-8-12/h2-3,6-9H,4-5,10H2,1H3. The van der Waals surface area contributed by atoms with E-state index in [2.05, 4.69) is 20.9 Å². The number of hydrogen-bond donors (Lipinski definition) is 0. The molecule has 1 aromatic carbocycles. The summed E-state index contributed by atoms with van der Waals surface area (Å²) in [6.45, 7) is 2.44. The highest BCUT2D eigenvalue weighted by atomic mass is 79.9. The first-order valence-corrected chi connectivity index (χ1v) is 8.15. The SMILES string of the molecule is Cc1ccc2c(c1)N(C(=O)COC(=O)c1cncc(Br)c1)CCO2. The molecule has 1 aliphatic rings. The van der Waals surface area contributed by atoms with Crippen molar-refractivity contribution < 1.29 is 19.1 Å². The van der Waals surface area contributed by atoms with Gasteiger partial charge in [0.05, 0.1) is 17.8 Å². The van der Waals surface area contributed by atoms with Gasteiger partial charge in [-0.2, -0.15) is 0 Å². The molecule has 2 aromatic rings. The fourth-order valence-corrected chi connectivity index (χ4v) is 2.76. The van der Waals surface area contributed by atoms with E-state index in [-0.39, 0.29) is 18.1 Å². The quantitative estimate of drug-likeness (QED) is 0.753. The average Bonchev–Trinajstić information content (AvgIpc) is 2.58. The number of esters is 1. The lowest BCUT2D eigenvalue weighted by Gasteiger charge is -2.29. The predicted octanol–water partition coefficient (Wildman–Crippen LogP) is 2.73. The Labute approximate surface area is 147 Å². The van der Waals surface area contributed by atoms with Gasteiger partial charge in [0.25, 0.3) is 5.91 Å². The fraction of sp³-hybridized carbons (Fsp3) is 0.235. The maximum Gasteiger partial charge on any atom is 0.340 e. The molecule has 24 heavy (non-hydrogen) atoms. The Morgan fingerprint density at radius 2 is 2.17 bits per heavy atom. The number of pyridine rings is 1. The Hall–Kier alpha value is -2.41. The van der Waals surface area contributed by atoms with Crippen LogP contribution in [0.25, 0.3) is 0 Å². The fourth-order valence-electron chi connectivity index (χ4n) is 2.40. The predicted molar refractivity (Wildman–Crippen MR) is 91.2 cm³/mol. The largest absolute Gasteiger partial charge is 0.490 e. The molecule has 0 N–H and O–H groups in total. The molecule has 1 aliphatic heterocycles. The highest BCUT2D eigenvalue weighted by Crippen LogP contribution is 2.32. The summed E-state index contributed by atoms with van der Waals surface area (Å²) in [5.74, 6) is -0.223. The van der Waals surface area contributed by atoms with Crippen LogP contribution in [0.5, 0.6) is 5.75 Å². The summed E-state index contributed by atoms with van der Waals surface area (Å²) in [5, 5.41) is 0. The van der Waals surface area contributed by atoms with Crippen molar-refractivity contribution in [2.75, 3.05) is 24.7 Å². The summed E-state index contributed by atoms with van der Waals surface area (Å²) in [6.07, 6.45) is 2.96. The van der Waals surface area contributed by atoms with Gasteiger partial charge in [-0.3, -0.25) is 9.78 Å². The minimum atomic E-state index is -0.588. The summed E-state index contributed by atoms with van der Waals surface area (Å²) in [7, 11) is 0. The summed E-state index contributed by atoms with van der Waals surface area (Å²) in [4.78, 5) is 29.9. The van der Waals surface area contributed by atoms with E-state index in [1.807, 2.05) is 25.1 Å². The number of anilines is 1. The first kappa shape index (κ1) is 16.4. The van der Waals surface area contributed by atoms with Crippen LogP contribution >= 0.6 is 15.9 Å². The van der Waals surface area contributed by atoms with Gasteiger partial charge in [0.1, 0.15) is 12.4 Å². The van der Waals surface area contributed by atoms with Crippen LogP contribution in [0.3, 0.4) is 0 Å². The molecule has 0 fully saturated rings. The Kier molecular flexibility index (Phi) is 4.80. The van der Waals surface area contributed by atoms with Crippen molar-refractivity contribution in [1.82, 2.24) is 4.98 Å². The van der Waals surface area contributed by atoms with Gasteiger partial charge in [-0.05, 0) is 46.6 Å². The lowest BCUT2D eigenvalue weighted by molar-refractivity contribution is -0.121. The molecule has 124 valence electrons. The number of hydrogen-bond acceptors (Lipinski definition) is 5. The second kappa shape index (κ2) is 7.00. The maximum atomic E-state index is 12.4. The molecule has 7 heteroatoms. The Bertz CT molecular complexity index is 794. The molecule has 6 nitrogen and oxygen atoms in total. The van der Waals surface area contributed by atoms with Crippen LogP contribution in [-0.2, 0) is 9.53 Å². The third-order valence-corrected chi connectivity index (χ3v) is 3.98. The van der Waals surface area contributed by atoms with Crippen LogP contribution in [-0.4, -0.2) is 36.6 Å². The number of aromatic nitrogens is 1. The van der Waals surface area contributed by atoms with Crippen LogP contribution in [0.4, 0.5) is 5.69 Å². The molecule has 2 heterocycles. The molecule has 1 amide bonds. The second-order valence-electron chi connectivity index (χ2n) is 5.33. The number of nitrogens with zero attached hydrogens (tertiary/aromatic N) is 2. The molecule has 3 rings (SSSR count). The van der Waals surface area contributed by atoms with Crippen molar-refractivity contribution in [3.8, 4) is 5.75 Å². The van der Waals surface area contributed by atoms with Gasteiger partial charge in [0.2, 0.25) is 0 Å². The third-order valence-electron chi connectivity index (χ3n) is 3.55. The molecule has 0 saturated heterocycles. The average molecular weight is 391 g/mol. The first-order chi connectivity index (χ1) is 11.5. The van der Waals surface area contributed by atoms with Gasteiger partial charge >= 0.3 is 5.97 Å². The van der Waals surface area contributed by atoms with E-state index < -0.39 is 5.97 Å². The Morgan fingerprint density at radius 1 is 1.33 bits per heavy atom. The number of carbonyl (C=O) groups excluding carboxylic acids is 2. The van der Waals surface area contributed by atoms with Crippen LogP contribution in [0.2, 0.25) is 0 Å². The van der Waals surface area contributed by atoms with Gasteiger partial charge in [0, 0.05) is 16.9 Å². The highest BCUT2D eigenvalue weighted by molar-refractivity contribution is 9.10.